The van der Waals surface area contributed by atoms with E-state index in [9.17, 15) is 14.9 Å². The summed E-state index contributed by atoms with van der Waals surface area (Å²) in [4.78, 5) is 22.0. The number of anilines is 1. The zero-order valence-corrected chi connectivity index (χ0v) is 11.7. The number of nitro benzene ring substituents is 1. The molecule has 1 amide bonds. The first-order chi connectivity index (χ1) is 10.1. The van der Waals surface area contributed by atoms with Crippen molar-refractivity contribution in [1.82, 2.24) is 0 Å². The first-order valence-corrected chi connectivity index (χ1v) is 6.70. The van der Waals surface area contributed by atoms with Gasteiger partial charge in [-0.05, 0) is 18.2 Å². The van der Waals surface area contributed by atoms with E-state index >= 15 is 0 Å². The molecule has 1 heterocycles. The molecule has 0 aliphatic heterocycles. The second-order valence-electron chi connectivity index (χ2n) is 4.58. The highest BCUT2D eigenvalue weighted by molar-refractivity contribution is 5.91. The maximum Gasteiger partial charge on any atom is 0.271 e. The van der Waals surface area contributed by atoms with Gasteiger partial charge in [0, 0.05) is 37.1 Å². The smallest absolute Gasteiger partial charge is 0.271 e. The summed E-state index contributed by atoms with van der Waals surface area (Å²) >= 11 is 0. The van der Waals surface area contributed by atoms with Crippen molar-refractivity contribution in [2.24, 2.45) is 0 Å². The summed E-state index contributed by atoms with van der Waals surface area (Å²) < 4.78 is 5.51. The SMILES string of the molecule is CCc1ccc(CCC(=O)Nc2cccc([N+](=O)[O-])c2)o1. The van der Waals surface area contributed by atoms with Crippen LogP contribution in [0.1, 0.15) is 24.9 Å². The molecule has 110 valence electrons. The van der Waals surface area contributed by atoms with Gasteiger partial charge in [-0.25, -0.2) is 0 Å². The van der Waals surface area contributed by atoms with Gasteiger partial charge in [0.25, 0.3) is 5.69 Å². The Morgan fingerprint density at radius 3 is 2.71 bits per heavy atom. The predicted octanol–water partition coefficient (Wildman–Crippen LogP) is 3.32. The molecule has 2 aromatic rings. The van der Waals surface area contributed by atoms with Crippen LogP contribution < -0.4 is 5.32 Å². The number of amides is 1. The maximum absolute atomic E-state index is 11.8. The number of hydrogen-bond acceptors (Lipinski definition) is 4. The van der Waals surface area contributed by atoms with E-state index in [1.165, 1.54) is 18.2 Å². The molecule has 0 unspecified atom stereocenters. The van der Waals surface area contributed by atoms with E-state index in [1.54, 1.807) is 6.07 Å². The molecule has 0 aliphatic carbocycles. The lowest BCUT2D eigenvalue weighted by Gasteiger charge is -2.04. The van der Waals surface area contributed by atoms with Crippen molar-refractivity contribution in [3.63, 3.8) is 0 Å². The van der Waals surface area contributed by atoms with Crippen LogP contribution in [0.5, 0.6) is 0 Å². The molecule has 2 rings (SSSR count). The van der Waals surface area contributed by atoms with Gasteiger partial charge in [0.1, 0.15) is 11.5 Å². The minimum Gasteiger partial charge on any atom is -0.466 e. The average Bonchev–Trinajstić information content (AvgIpc) is 2.93. The highest BCUT2D eigenvalue weighted by Gasteiger charge is 2.09. The third-order valence-corrected chi connectivity index (χ3v) is 3.00. The van der Waals surface area contributed by atoms with Gasteiger partial charge in [-0.1, -0.05) is 13.0 Å². The van der Waals surface area contributed by atoms with Crippen molar-refractivity contribution in [2.75, 3.05) is 5.32 Å². The van der Waals surface area contributed by atoms with Crippen LogP contribution in [-0.4, -0.2) is 10.8 Å². The van der Waals surface area contributed by atoms with E-state index in [0.29, 0.717) is 12.1 Å². The van der Waals surface area contributed by atoms with Crippen molar-refractivity contribution in [2.45, 2.75) is 26.2 Å². The van der Waals surface area contributed by atoms with Gasteiger partial charge >= 0.3 is 0 Å². The molecule has 6 nitrogen and oxygen atoms in total. The first kappa shape index (κ1) is 14.8. The summed E-state index contributed by atoms with van der Waals surface area (Å²) in [5, 5.41) is 13.3. The van der Waals surface area contributed by atoms with Crippen LogP contribution in [0.2, 0.25) is 0 Å². The monoisotopic (exact) mass is 288 g/mol. The number of carbonyl (C=O) groups excluding carboxylic acids is 1. The van der Waals surface area contributed by atoms with Gasteiger partial charge in [-0.3, -0.25) is 14.9 Å². The van der Waals surface area contributed by atoms with E-state index in [2.05, 4.69) is 5.32 Å². The summed E-state index contributed by atoms with van der Waals surface area (Å²) in [6, 6.07) is 9.62. The minimum atomic E-state index is -0.495. The number of nitrogens with zero attached hydrogens (tertiary/aromatic N) is 1. The Kier molecular flexibility index (Phi) is 4.71. The van der Waals surface area contributed by atoms with E-state index in [0.717, 1.165) is 17.9 Å². The molecular formula is C15H16N2O4. The van der Waals surface area contributed by atoms with Crippen molar-refractivity contribution >= 4 is 17.3 Å². The van der Waals surface area contributed by atoms with E-state index in [1.807, 2.05) is 19.1 Å². The molecule has 0 bridgehead atoms. The number of benzene rings is 1. The van der Waals surface area contributed by atoms with E-state index in [-0.39, 0.29) is 18.0 Å². The topological polar surface area (TPSA) is 85.4 Å². The zero-order chi connectivity index (χ0) is 15.2. The zero-order valence-electron chi connectivity index (χ0n) is 11.7. The molecule has 1 aromatic carbocycles. The molecule has 6 heteroatoms. The number of hydrogen-bond donors (Lipinski definition) is 1. The second kappa shape index (κ2) is 6.69. The Labute approximate surface area is 121 Å². The van der Waals surface area contributed by atoms with Crippen molar-refractivity contribution in [3.8, 4) is 0 Å². The summed E-state index contributed by atoms with van der Waals surface area (Å²) in [6.07, 6.45) is 1.58. The predicted molar refractivity (Wildman–Crippen MR) is 78.1 cm³/mol. The number of nitrogens with one attached hydrogen (secondary N) is 1. The van der Waals surface area contributed by atoms with Gasteiger partial charge < -0.3 is 9.73 Å². The molecule has 0 radical (unpaired) electrons. The van der Waals surface area contributed by atoms with Crippen LogP contribution >= 0.6 is 0 Å². The average molecular weight is 288 g/mol. The highest BCUT2D eigenvalue weighted by atomic mass is 16.6. The first-order valence-electron chi connectivity index (χ1n) is 6.70. The Morgan fingerprint density at radius 2 is 2.05 bits per heavy atom. The number of furan rings is 1. The fourth-order valence-corrected chi connectivity index (χ4v) is 1.90. The van der Waals surface area contributed by atoms with E-state index in [4.69, 9.17) is 4.42 Å². The fraction of sp³-hybridized carbons (Fsp3) is 0.267. The Hall–Kier alpha value is -2.63. The largest absolute Gasteiger partial charge is 0.466 e. The molecule has 0 aliphatic rings. The van der Waals surface area contributed by atoms with Gasteiger partial charge in [0.15, 0.2) is 0 Å². The summed E-state index contributed by atoms with van der Waals surface area (Å²) in [5.41, 5.74) is 0.370. The van der Waals surface area contributed by atoms with Crippen molar-refractivity contribution in [1.29, 1.82) is 0 Å². The fourth-order valence-electron chi connectivity index (χ4n) is 1.90. The molecule has 1 N–H and O–H groups in total. The number of rotatable bonds is 6. The second-order valence-corrected chi connectivity index (χ2v) is 4.58. The summed E-state index contributed by atoms with van der Waals surface area (Å²) in [7, 11) is 0. The van der Waals surface area contributed by atoms with Gasteiger partial charge in [-0.15, -0.1) is 0 Å². The third-order valence-electron chi connectivity index (χ3n) is 3.00. The molecule has 0 spiro atoms. The Morgan fingerprint density at radius 1 is 1.29 bits per heavy atom. The number of carbonyl (C=O) groups is 1. The minimum absolute atomic E-state index is 0.0496. The molecule has 0 fully saturated rings. The molecule has 1 aromatic heterocycles. The standard InChI is InChI=1S/C15H16N2O4/c1-2-13-6-7-14(21-13)8-9-15(18)16-11-4-3-5-12(10-11)17(19)20/h3-7,10H,2,8-9H2,1H3,(H,16,18). The molecular weight excluding hydrogens is 272 g/mol. The molecule has 0 saturated carbocycles. The number of nitro groups is 1. The summed E-state index contributed by atoms with van der Waals surface area (Å²) in [5.74, 6) is 1.45. The lowest BCUT2D eigenvalue weighted by Crippen LogP contribution is -2.12. The van der Waals surface area contributed by atoms with Crippen molar-refractivity contribution < 1.29 is 14.1 Å². The van der Waals surface area contributed by atoms with Crippen LogP contribution in [0.25, 0.3) is 0 Å². The van der Waals surface area contributed by atoms with Crippen LogP contribution in [0.4, 0.5) is 11.4 Å². The van der Waals surface area contributed by atoms with Gasteiger partial charge in [-0.2, -0.15) is 0 Å². The Balaban J connectivity index is 1.89. The quantitative estimate of drug-likeness (QED) is 0.652. The number of non-ortho nitro benzene ring substituents is 1. The van der Waals surface area contributed by atoms with Crippen LogP contribution in [0.15, 0.2) is 40.8 Å². The Bertz CT molecular complexity index is 649. The van der Waals surface area contributed by atoms with Crippen LogP contribution in [0.3, 0.4) is 0 Å². The number of aryl methyl sites for hydroxylation is 2. The van der Waals surface area contributed by atoms with Crippen LogP contribution in [-0.2, 0) is 17.6 Å². The summed E-state index contributed by atoms with van der Waals surface area (Å²) in [6.45, 7) is 2.00. The maximum atomic E-state index is 11.8. The van der Waals surface area contributed by atoms with E-state index < -0.39 is 4.92 Å². The van der Waals surface area contributed by atoms with Crippen LogP contribution in [0, 0.1) is 10.1 Å². The molecule has 0 atom stereocenters. The molecule has 21 heavy (non-hydrogen) atoms. The van der Waals surface area contributed by atoms with Crippen molar-refractivity contribution in [3.05, 3.63) is 58.0 Å². The third kappa shape index (κ3) is 4.17. The normalized spacial score (nSPS) is 10.3. The van der Waals surface area contributed by atoms with Gasteiger partial charge in [0.2, 0.25) is 5.91 Å². The van der Waals surface area contributed by atoms with Gasteiger partial charge in [0.05, 0.1) is 4.92 Å². The highest BCUT2D eigenvalue weighted by Crippen LogP contribution is 2.17. The molecule has 0 saturated heterocycles. The lowest BCUT2D eigenvalue weighted by atomic mass is 10.2. The lowest BCUT2D eigenvalue weighted by molar-refractivity contribution is -0.384.